The third-order valence-corrected chi connectivity index (χ3v) is 2.13. The molecule has 0 amide bonds. The van der Waals surface area contributed by atoms with Crippen molar-refractivity contribution < 1.29 is 0 Å². The number of rotatable bonds is 4. The zero-order valence-electron chi connectivity index (χ0n) is 10.8. The Hall–Kier alpha value is -1.97. The maximum Gasteiger partial charge on any atom is 0.134 e. The van der Waals surface area contributed by atoms with Crippen LogP contribution in [0.4, 0.5) is 5.82 Å². The predicted octanol–water partition coefficient (Wildman–Crippen LogP) is 3.14. The van der Waals surface area contributed by atoms with E-state index in [4.69, 9.17) is 5.41 Å². The molecule has 0 unspecified atom stereocenters. The minimum atomic E-state index is 0.508. The second-order valence-electron chi connectivity index (χ2n) is 4.15. The average molecular weight is 230 g/mol. The summed E-state index contributed by atoms with van der Waals surface area (Å²) in [7, 11) is 0. The summed E-state index contributed by atoms with van der Waals surface area (Å²) in [6.07, 6.45) is 1.67. The molecule has 0 aliphatic carbocycles. The van der Waals surface area contributed by atoms with E-state index in [2.05, 4.69) is 21.9 Å². The normalized spacial score (nSPS) is 9.65. The summed E-state index contributed by atoms with van der Waals surface area (Å²) in [6, 6.07) is 1.92. The Balaban J connectivity index is 2.90. The van der Waals surface area contributed by atoms with Gasteiger partial charge < -0.3 is 10.7 Å². The number of aliphatic imine (C=N–C) groups is 1. The van der Waals surface area contributed by atoms with Crippen molar-refractivity contribution >= 4 is 17.2 Å². The van der Waals surface area contributed by atoms with E-state index in [1.807, 2.05) is 26.8 Å². The van der Waals surface area contributed by atoms with E-state index in [0.717, 1.165) is 22.7 Å². The fourth-order valence-electron chi connectivity index (χ4n) is 1.35. The van der Waals surface area contributed by atoms with Crippen LogP contribution in [-0.4, -0.2) is 16.4 Å². The SMILES string of the molecule is C=C(N=C(C)C)Nc1ncc(C(C)=N)cc1C. The van der Waals surface area contributed by atoms with E-state index >= 15 is 0 Å². The number of hydrogen-bond acceptors (Lipinski definition) is 4. The van der Waals surface area contributed by atoms with Crippen LogP contribution in [0.1, 0.15) is 31.9 Å². The van der Waals surface area contributed by atoms with Crippen LogP contribution >= 0.6 is 0 Å². The Labute approximate surface area is 102 Å². The number of nitrogens with zero attached hydrogens (tertiary/aromatic N) is 2. The van der Waals surface area contributed by atoms with Gasteiger partial charge in [0.2, 0.25) is 0 Å². The zero-order chi connectivity index (χ0) is 13.0. The lowest BCUT2D eigenvalue weighted by Crippen LogP contribution is -2.03. The second kappa shape index (κ2) is 5.39. The van der Waals surface area contributed by atoms with Crippen molar-refractivity contribution in [1.82, 2.24) is 4.98 Å². The largest absolute Gasteiger partial charge is 0.325 e. The van der Waals surface area contributed by atoms with E-state index in [1.165, 1.54) is 0 Å². The van der Waals surface area contributed by atoms with Gasteiger partial charge in [-0.1, -0.05) is 6.58 Å². The first-order chi connectivity index (χ1) is 7.90. The molecule has 90 valence electrons. The molecule has 0 saturated carbocycles. The van der Waals surface area contributed by atoms with E-state index in [0.29, 0.717) is 11.5 Å². The molecule has 1 aromatic rings. The molecule has 17 heavy (non-hydrogen) atoms. The van der Waals surface area contributed by atoms with Gasteiger partial charge >= 0.3 is 0 Å². The Kier molecular flexibility index (Phi) is 4.15. The van der Waals surface area contributed by atoms with Crippen LogP contribution in [-0.2, 0) is 0 Å². The van der Waals surface area contributed by atoms with Crippen LogP contribution < -0.4 is 5.32 Å². The topological polar surface area (TPSA) is 61.1 Å². The third-order valence-electron chi connectivity index (χ3n) is 2.13. The molecule has 1 aromatic heterocycles. The average Bonchev–Trinajstić information content (AvgIpc) is 2.19. The molecular formula is C13H18N4. The Bertz CT molecular complexity index is 482. The van der Waals surface area contributed by atoms with Crippen LogP contribution in [0.2, 0.25) is 0 Å². The summed E-state index contributed by atoms with van der Waals surface area (Å²) >= 11 is 0. The van der Waals surface area contributed by atoms with Gasteiger partial charge in [0.1, 0.15) is 11.6 Å². The van der Waals surface area contributed by atoms with Gasteiger partial charge in [-0.2, -0.15) is 0 Å². The van der Waals surface area contributed by atoms with Crippen LogP contribution in [0.25, 0.3) is 0 Å². The Morgan fingerprint density at radius 3 is 2.53 bits per heavy atom. The summed E-state index contributed by atoms with van der Waals surface area (Å²) < 4.78 is 0. The van der Waals surface area contributed by atoms with E-state index < -0.39 is 0 Å². The van der Waals surface area contributed by atoms with Gasteiger partial charge in [-0.25, -0.2) is 9.98 Å². The first kappa shape index (κ1) is 13.1. The molecule has 0 fully saturated rings. The monoisotopic (exact) mass is 230 g/mol. The Morgan fingerprint density at radius 1 is 1.41 bits per heavy atom. The molecule has 0 aliphatic heterocycles. The highest BCUT2D eigenvalue weighted by Gasteiger charge is 2.03. The number of anilines is 1. The van der Waals surface area contributed by atoms with Crippen LogP contribution in [0.5, 0.6) is 0 Å². The zero-order valence-corrected chi connectivity index (χ0v) is 10.8. The van der Waals surface area contributed by atoms with Crippen molar-refractivity contribution in [2.45, 2.75) is 27.7 Å². The summed E-state index contributed by atoms with van der Waals surface area (Å²) in [5, 5.41) is 10.6. The highest BCUT2D eigenvalue weighted by Crippen LogP contribution is 2.15. The van der Waals surface area contributed by atoms with Crippen molar-refractivity contribution in [1.29, 1.82) is 5.41 Å². The standard InChI is InChI=1S/C13H18N4/c1-8(2)16-11(5)17-13-9(3)6-12(7-15-13)10(4)14/h6-7,14H,5H2,1-4H3,(H,15,17). The van der Waals surface area contributed by atoms with E-state index in [9.17, 15) is 0 Å². The van der Waals surface area contributed by atoms with Gasteiger partial charge in [0.25, 0.3) is 0 Å². The quantitative estimate of drug-likeness (QED) is 0.780. The lowest BCUT2D eigenvalue weighted by Gasteiger charge is -2.09. The smallest absolute Gasteiger partial charge is 0.134 e. The molecule has 0 saturated heterocycles. The number of aryl methyl sites for hydroxylation is 1. The van der Waals surface area contributed by atoms with Crippen molar-refractivity contribution in [3.8, 4) is 0 Å². The number of nitrogens with one attached hydrogen (secondary N) is 2. The molecule has 4 heteroatoms. The van der Waals surface area contributed by atoms with E-state index in [-0.39, 0.29) is 0 Å². The molecule has 0 aromatic carbocycles. The molecule has 4 nitrogen and oxygen atoms in total. The molecule has 1 rings (SSSR count). The lowest BCUT2D eigenvalue weighted by molar-refractivity contribution is 1.19. The third kappa shape index (κ3) is 3.83. The maximum atomic E-state index is 7.54. The van der Waals surface area contributed by atoms with Crippen molar-refractivity contribution in [2.75, 3.05) is 5.32 Å². The highest BCUT2D eigenvalue weighted by molar-refractivity contribution is 5.96. The number of aromatic nitrogens is 1. The highest BCUT2D eigenvalue weighted by atomic mass is 15.1. The van der Waals surface area contributed by atoms with Crippen molar-refractivity contribution in [2.24, 2.45) is 4.99 Å². The molecule has 0 aliphatic rings. The maximum absolute atomic E-state index is 7.54. The van der Waals surface area contributed by atoms with Gasteiger partial charge in [0.05, 0.1) is 0 Å². The number of hydrogen-bond donors (Lipinski definition) is 2. The van der Waals surface area contributed by atoms with Crippen LogP contribution in [0.15, 0.2) is 29.7 Å². The first-order valence-electron chi connectivity index (χ1n) is 5.40. The molecular weight excluding hydrogens is 212 g/mol. The summed E-state index contributed by atoms with van der Waals surface area (Å²) in [4.78, 5) is 8.46. The summed E-state index contributed by atoms with van der Waals surface area (Å²) in [5.41, 5.74) is 3.24. The fraction of sp³-hybridized carbons (Fsp3) is 0.308. The second-order valence-corrected chi connectivity index (χ2v) is 4.15. The first-order valence-corrected chi connectivity index (χ1v) is 5.40. The lowest BCUT2D eigenvalue weighted by atomic mass is 10.1. The molecule has 1 heterocycles. The van der Waals surface area contributed by atoms with Gasteiger partial charge in [0, 0.05) is 23.2 Å². The minimum Gasteiger partial charge on any atom is -0.325 e. The van der Waals surface area contributed by atoms with Crippen LogP contribution in [0.3, 0.4) is 0 Å². The van der Waals surface area contributed by atoms with Gasteiger partial charge in [-0.05, 0) is 39.3 Å². The molecule has 0 radical (unpaired) electrons. The summed E-state index contributed by atoms with van der Waals surface area (Å²) in [5.74, 6) is 1.30. The fourth-order valence-corrected chi connectivity index (χ4v) is 1.35. The molecule has 0 spiro atoms. The Morgan fingerprint density at radius 2 is 2.06 bits per heavy atom. The van der Waals surface area contributed by atoms with Gasteiger partial charge in [0.15, 0.2) is 0 Å². The van der Waals surface area contributed by atoms with Gasteiger partial charge in [-0.15, -0.1) is 0 Å². The van der Waals surface area contributed by atoms with Crippen molar-refractivity contribution in [3.05, 3.63) is 35.8 Å². The van der Waals surface area contributed by atoms with Crippen LogP contribution in [0, 0.1) is 12.3 Å². The predicted molar refractivity (Wildman–Crippen MR) is 73.0 cm³/mol. The summed E-state index contributed by atoms with van der Waals surface area (Å²) in [6.45, 7) is 11.3. The number of pyridine rings is 1. The van der Waals surface area contributed by atoms with Crippen molar-refractivity contribution in [3.63, 3.8) is 0 Å². The molecule has 2 N–H and O–H groups in total. The minimum absolute atomic E-state index is 0.508. The molecule has 0 bridgehead atoms. The van der Waals surface area contributed by atoms with E-state index in [1.54, 1.807) is 13.1 Å². The molecule has 0 atom stereocenters. The van der Waals surface area contributed by atoms with Gasteiger partial charge in [-0.3, -0.25) is 0 Å².